The molecule has 0 fully saturated rings. The Hall–Kier alpha value is -3.46. The number of nitriles is 1. The molecular weight excluding hydrogens is 280 g/mol. The Balaban J connectivity index is 2.02. The smallest absolute Gasteiger partial charge is 0.321 e. The van der Waals surface area contributed by atoms with E-state index in [9.17, 15) is 9.59 Å². The number of anilines is 1. The van der Waals surface area contributed by atoms with E-state index in [-0.39, 0.29) is 5.69 Å². The molecule has 1 amide bonds. The number of hydrogen-bond acceptors (Lipinski definition) is 4. The van der Waals surface area contributed by atoms with Crippen LogP contribution in [0.25, 0.3) is 10.9 Å². The number of carbonyl (C=O) groups excluding carboxylic acids is 1. The standard InChI is InChI=1S/C16H10N4O2/c17-9-10-4-3-5-11(8-10)18-15(21)14-12-6-1-2-7-13(12)19-16(22)20-14/h1-8H,(H,18,21)(H,19,20,22). The molecular formula is C16H10N4O2. The van der Waals surface area contributed by atoms with Crippen LogP contribution in [-0.2, 0) is 0 Å². The monoisotopic (exact) mass is 290 g/mol. The summed E-state index contributed by atoms with van der Waals surface area (Å²) in [5, 5.41) is 12.1. The van der Waals surface area contributed by atoms with Gasteiger partial charge in [0.1, 0.15) is 5.69 Å². The van der Waals surface area contributed by atoms with Crippen molar-refractivity contribution < 1.29 is 4.79 Å². The number of nitrogens with one attached hydrogen (secondary N) is 2. The molecule has 2 aromatic carbocycles. The number of aromatic amines is 1. The highest BCUT2D eigenvalue weighted by atomic mass is 16.2. The van der Waals surface area contributed by atoms with E-state index in [4.69, 9.17) is 5.26 Å². The van der Waals surface area contributed by atoms with Crippen molar-refractivity contribution >= 4 is 22.5 Å². The van der Waals surface area contributed by atoms with Crippen LogP contribution in [-0.4, -0.2) is 15.9 Å². The number of nitrogens with zero attached hydrogens (tertiary/aromatic N) is 2. The lowest BCUT2D eigenvalue weighted by atomic mass is 10.1. The third-order valence-electron chi connectivity index (χ3n) is 3.10. The van der Waals surface area contributed by atoms with Crippen molar-refractivity contribution in [2.24, 2.45) is 0 Å². The lowest BCUT2D eigenvalue weighted by Crippen LogP contribution is -2.21. The van der Waals surface area contributed by atoms with Crippen LogP contribution in [0.5, 0.6) is 0 Å². The zero-order valence-electron chi connectivity index (χ0n) is 11.3. The fourth-order valence-electron chi connectivity index (χ4n) is 2.13. The Morgan fingerprint density at radius 2 is 2.00 bits per heavy atom. The van der Waals surface area contributed by atoms with Crippen LogP contribution < -0.4 is 11.0 Å². The van der Waals surface area contributed by atoms with Gasteiger partial charge in [0.05, 0.1) is 17.1 Å². The first-order valence-corrected chi connectivity index (χ1v) is 6.48. The third kappa shape index (κ3) is 2.55. The quantitative estimate of drug-likeness (QED) is 0.754. The van der Waals surface area contributed by atoms with Crippen molar-refractivity contribution in [1.29, 1.82) is 5.26 Å². The van der Waals surface area contributed by atoms with E-state index in [2.05, 4.69) is 15.3 Å². The molecule has 22 heavy (non-hydrogen) atoms. The molecule has 6 heteroatoms. The predicted octanol–water partition coefficient (Wildman–Crippen LogP) is 2.05. The molecule has 0 aliphatic heterocycles. The highest BCUT2D eigenvalue weighted by Crippen LogP contribution is 2.15. The number of hydrogen-bond donors (Lipinski definition) is 2. The summed E-state index contributed by atoms with van der Waals surface area (Å²) < 4.78 is 0. The summed E-state index contributed by atoms with van der Waals surface area (Å²) in [5.74, 6) is -0.502. The second-order valence-corrected chi connectivity index (χ2v) is 4.58. The molecule has 2 N–H and O–H groups in total. The number of H-pyrrole nitrogens is 1. The van der Waals surface area contributed by atoms with Gasteiger partial charge in [-0.3, -0.25) is 4.79 Å². The van der Waals surface area contributed by atoms with E-state index in [0.29, 0.717) is 22.2 Å². The first-order valence-electron chi connectivity index (χ1n) is 6.48. The fraction of sp³-hybridized carbons (Fsp3) is 0. The van der Waals surface area contributed by atoms with Gasteiger partial charge < -0.3 is 10.3 Å². The molecule has 3 aromatic rings. The van der Waals surface area contributed by atoms with E-state index in [1.807, 2.05) is 6.07 Å². The van der Waals surface area contributed by atoms with Crippen molar-refractivity contribution in [2.45, 2.75) is 0 Å². The number of benzene rings is 2. The van der Waals surface area contributed by atoms with Crippen LogP contribution in [0.4, 0.5) is 5.69 Å². The fourth-order valence-corrected chi connectivity index (χ4v) is 2.13. The van der Waals surface area contributed by atoms with Gasteiger partial charge in [0.25, 0.3) is 5.91 Å². The van der Waals surface area contributed by atoms with E-state index < -0.39 is 11.6 Å². The normalized spacial score (nSPS) is 10.1. The molecule has 0 atom stereocenters. The summed E-state index contributed by atoms with van der Waals surface area (Å²) >= 11 is 0. The van der Waals surface area contributed by atoms with Crippen molar-refractivity contribution in [2.75, 3.05) is 5.32 Å². The zero-order chi connectivity index (χ0) is 15.5. The predicted molar refractivity (Wildman–Crippen MR) is 81.5 cm³/mol. The summed E-state index contributed by atoms with van der Waals surface area (Å²) in [7, 11) is 0. The number of amides is 1. The molecule has 106 valence electrons. The summed E-state index contributed by atoms with van der Waals surface area (Å²) in [6, 6.07) is 15.4. The minimum absolute atomic E-state index is 0.0433. The Bertz CT molecular complexity index is 970. The molecule has 0 spiro atoms. The van der Waals surface area contributed by atoms with Crippen LogP contribution in [0.15, 0.2) is 53.3 Å². The van der Waals surface area contributed by atoms with Gasteiger partial charge in [-0.15, -0.1) is 0 Å². The van der Waals surface area contributed by atoms with Gasteiger partial charge >= 0.3 is 5.69 Å². The van der Waals surface area contributed by atoms with Gasteiger partial charge in [-0.2, -0.15) is 10.2 Å². The number of fused-ring (bicyclic) bond motifs is 1. The van der Waals surface area contributed by atoms with Crippen LogP contribution in [0.3, 0.4) is 0 Å². The molecule has 0 aliphatic rings. The summed E-state index contributed by atoms with van der Waals surface area (Å²) in [6.45, 7) is 0. The highest BCUT2D eigenvalue weighted by molar-refractivity contribution is 6.10. The third-order valence-corrected chi connectivity index (χ3v) is 3.10. The summed E-state index contributed by atoms with van der Waals surface area (Å²) in [5.41, 5.74) is 0.895. The molecule has 0 saturated heterocycles. The van der Waals surface area contributed by atoms with E-state index >= 15 is 0 Å². The minimum atomic E-state index is -0.588. The average molecular weight is 290 g/mol. The lowest BCUT2D eigenvalue weighted by molar-refractivity contribution is 0.102. The maximum absolute atomic E-state index is 12.4. The molecule has 0 saturated carbocycles. The number of para-hydroxylation sites is 1. The number of aromatic nitrogens is 2. The van der Waals surface area contributed by atoms with Crippen molar-refractivity contribution in [3.05, 3.63) is 70.3 Å². The van der Waals surface area contributed by atoms with Gasteiger partial charge in [0.2, 0.25) is 0 Å². The molecule has 6 nitrogen and oxygen atoms in total. The van der Waals surface area contributed by atoms with Gasteiger partial charge in [-0.1, -0.05) is 24.3 Å². The molecule has 0 radical (unpaired) electrons. The largest absolute Gasteiger partial charge is 0.346 e. The van der Waals surface area contributed by atoms with Crippen LogP contribution in [0, 0.1) is 11.3 Å². The first-order chi connectivity index (χ1) is 10.7. The second kappa shape index (κ2) is 5.50. The highest BCUT2D eigenvalue weighted by Gasteiger charge is 2.13. The maximum Gasteiger partial charge on any atom is 0.346 e. The second-order valence-electron chi connectivity index (χ2n) is 4.58. The topological polar surface area (TPSA) is 98.6 Å². The summed E-state index contributed by atoms with van der Waals surface area (Å²) in [4.78, 5) is 30.3. The van der Waals surface area contributed by atoms with Crippen LogP contribution in [0.1, 0.15) is 16.1 Å². The Labute approximate surface area is 125 Å². The minimum Gasteiger partial charge on any atom is -0.321 e. The Kier molecular flexibility index (Phi) is 3.38. The van der Waals surface area contributed by atoms with Gasteiger partial charge in [-0.05, 0) is 24.3 Å². The van der Waals surface area contributed by atoms with Crippen LogP contribution in [0.2, 0.25) is 0 Å². The zero-order valence-corrected chi connectivity index (χ0v) is 11.3. The molecule has 0 unspecified atom stereocenters. The van der Waals surface area contributed by atoms with Crippen molar-refractivity contribution in [3.8, 4) is 6.07 Å². The van der Waals surface area contributed by atoms with E-state index in [1.54, 1.807) is 48.5 Å². The summed E-state index contributed by atoms with van der Waals surface area (Å²) in [6.07, 6.45) is 0. The van der Waals surface area contributed by atoms with Crippen molar-refractivity contribution in [1.82, 2.24) is 9.97 Å². The molecule has 1 heterocycles. The molecule has 3 rings (SSSR count). The number of rotatable bonds is 2. The van der Waals surface area contributed by atoms with Gasteiger partial charge in [-0.25, -0.2) is 4.79 Å². The van der Waals surface area contributed by atoms with Crippen molar-refractivity contribution in [3.63, 3.8) is 0 Å². The van der Waals surface area contributed by atoms with E-state index in [0.717, 1.165) is 0 Å². The SMILES string of the molecule is N#Cc1cccc(NC(=O)c2nc(=O)[nH]c3ccccc23)c1. The lowest BCUT2D eigenvalue weighted by Gasteiger charge is -2.07. The number of carbonyl (C=O) groups is 1. The molecule has 0 bridgehead atoms. The van der Waals surface area contributed by atoms with Gasteiger partial charge in [0, 0.05) is 11.1 Å². The van der Waals surface area contributed by atoms with E-state index in [1.165, 1.54) is 0 Å². The molecule has 0 aliphatic carbocycles. The average Bonchev–Trinajstić information content (AvgIpc) is 2.54. The maximum atomic E-state index is 12.4. The van der Waals surface area contributed by atoms with Gasteiger partial charge in [0.15, 0.2) is 0 Å². The Morgan fingerprint density at radius 3 is 2.82 bits per heavy atom. The Morgan fingerprint density at radius 1 is 1.18 bits per heavy atom. The molecule has 1 aromatic heterocycles. The first kappa shape index (κ1) is 13.5. The van der Waals surface area contributed by atoms with Crippen LogP contribution >= 0.6 is 0 Å².